The Balaban J connectivity index is 2.37. The monoisotopic (exact) mass is 294 g/mol. The molecule has 0 saturated heterocycles. The molecule has 0 saturated carbocycles. The molecule has 0 spiro atoms. The molecule has 3 N–H and O–H groups in total. The van der Waals surface area contributed by atoms with Crippen LogP contribution in [0.4, 0.5) is 10.1 Å². The second-order valence-corrected chi connectivity index (χ2v) is 5.50. The summed E-state index contributed by atoms with van der Waals surface area (Å²) < 4.78 is 36.3. The molecule has 0 aliphatic rings. The Morgan fingerprint density at radius 1 is 1.05 bits per heavy atom. The lowest BCUT2D eigenvalue weighted by Crippen LogP contribution is -2.19. The third-order valence-corrected chi connectivity index (χ3v) is 3.53. The Kier molecular flexibility index (Phi) is 3.82. The van der Waals surface area contributed by atoms with Crippen LogP contribution >= 0.6 is 0 Å². The highest BCUT2D eigenvalue weighted by Crippen LogP contribution is 2.20. The molecule has 104 valence electrons. The Morgan fingerprint density at radius 3 is 2.30 bits per heavy atom. The number of hydrogen-bond donors (Lipinski definition) is 2. The van der Waals surface area contributed by atoms with Crippen molar-refractivity contribution in [1.29, 1.82) is 0 Å². The lowest BCUT2D eigenvalue weighted by atomic mass is 10.2. The van der Waals surface area contributed by atoms with Crippen LogP contribution in [0, 0.1) is 5.82 Å². The average molecular weight is 294 g/mol. The minimum absolute atomic E-state index is 0.00301. The number of para-hydroxylation sites is 1. The highest BCUT2D eigenvalue weighted by Gasteiger charge is 2.17. The topological polar surface area (TPSA) is 89.3 Å². The van der Waals surface area contributed by atoms with E-state index >= 15 is 0 Å². The molecule has 0 bridgehead atoms. The molecular weight excluding hydrogens is 283 g/mol. The zero-order valence-corrected chi connectivity index (χ0v) is 11.0. The van der Waals surface area contributed by atoms with E-state index in [4.69, 9.17) is 5.14 Å². The van der Waals surface area contributed by atoms with Gasteiger partial charge in [-0.05, 0) is 24.3 Å². The highest BCUT2D eigenvalue weighted by atomic mass is 32.2. The summed E-state index contributed by atoms with van der Waals surface area (Å²) in [4.78, 5) is 11.7. The summed E-state index contributed by atoms with van der Waals surface area (Å²) in [5.74, 6) is -1.45. The Bertz CT molecular complexity index is 760. The lowest BCUT2D eigenvalue weighted by molar-refractivity contribution is 0.102. The van der Waals surface area contributed by atoms with E-state index in [2.05, 4.69) is 5.32 Å². The normalized spacial score (nSPS) is 11.1. The summed E-state index contributed by atoms with van der Waals surface area (Å²) in [6.45, 7) is 0. The summed E-state index contributed by atoms with van der Waals surface area (Å²) in [6.07, 6.45) is 0. The van der Waals surface area contributed by atoms with Crippen LogP contribution in [0.3, 0.4) is 0 Å². The molecule has 2 rings (SSSR count). The van der Waals surface area contributed by atoms with Crippen LogP contribution in [0.5, 0.6) is 0 Å². The lowest BCUT2D eigenvalue weighted by Gasteiger charge is -2.09. The number of halogens is 1. The molecular formula is C13H11FN2O3S. The third kappa shape index (κ3) is 3.01. The van der Waals surface area contributed by atoms with Gasteiger partial charge in [-0.3, -0.25) is 4.79 Å². The van der Waals surface area contributed by atoms with Gasteiger partial charge in [-0.25, -0.2) is 17.9 Å². The van der Waals surface area contributed by atoms with E-state index < -0.39 is 21.7 Å². The molecule has 2 aromatic rings. The number of nitrogens with one attached hydrogen (secondary N) is 1. The van der Waals surface area contributed by atoms with Crippen molar-refractivity contribution in [3.63, 3.8) is 0 Å². The van der Waals surface area contributed by atoms with Crippen molar-refractivity contribution in [3.8, 4) is 0 Å². The predicted molar refractivity (Wildman–Crippen MR) is 72.2 cm³/mol. The number of carbonyl (C=O) groups is 1. The summed E-state index contributed by atoms with van der Waals surface area (Å²) in [6, 6.07) is 11.0. The van der Waals surface area contributed by atoms with Crippen molar-refractivity contribution < 1.29 is 17.6 Å². The number of primary sulfonamides is 1. The third-order valence-electron chi connectivity index (χ3n) is 2.56. The standard InChI is InChI=1S/C13H11FN2O3S/c14-10-6-2-1-5-9(10)13(17)16-11-7-3-4-8-12(11)20(15,18)19/h1-8H,(H,16,17)(H2,15,18,19). The minimum Gasteiger partial charge on any atom is -0.321 e. The number of rotatable bonds is 3. The molecule has 0 aromatic heterocycles. The highest BCUT2D eigenvalue weighted by molar-refractivity contribution is 7.89. The van der Waals surface area contributed by atoms with Crippen molar-refractivity contribution >= 4 is 21.6 Å². The summed E-state index contributed by atoms with van der Waals surface area (Å²) >= 11 is 0. The first-order chi connectivity index (χ1) is 9.39. The van der Waals surface area contributed by atoms with Gasteiger partial charge in [0.1, 0.15) is 10.7 Å². The van der Waals surface area contributed by atoms with E-state index in [0.717, 1.165) is 6.07 Å². The maximum atomic E-state index is 13.5. The fourth-order valence-corrected chi connectivity index (χ4v) is 2.35. The van der Waals surface area contributed by atoms with Gasteiger partial charge in [0, 0.05) is 0 Å². The summed E-state index contributed by atoms with van der Waals surface area (Å²) in [5.41, 5.74) is -0.181. The average Bonchev–Trinajstić information content (AvgIpc) is 2.38. The van der Waals surface area contributed by atoms with Crippen LogP contribution in [0.2, 0.25) is 0 Å². The van der Waals surface area contributed by atoms with Gasteiger partial charge in [0.2, 0.25) is 10.0 Å². The molecule has 0 heterocycles. The number of benzene rings is 2. The number of sulfonamides is 1. The largest absolute Gasteiger partial charge is 0.321 e. The molecule has 0 fully saturated rings. The van der Waals surface area contributed by atoms with E-state index in [1.165, 1.54) is 42.5 Å². The van der Waals surface area contributed by atoms with Crippen LogP contribution in [0.15, 0.2) is 53.4 Å². The first kappa shape index (κ1) is 14.2. The molecule has 0 aliphatic carbocycles. The van der Waals surface area contributed by atoms with E-state index in [9.17, 15) is 17.6 Å². The van der Waals surface area contributed by atoms with Crippen molar-refractivity contribution in [1.82, 2.24) is 0 Å². The molecule has 2 aromatic carbocycles. The Morgan fingerprint density at radius 2 is 1.65 bits per heavy atom. The van der Waals surface area contributed by atoms with Gasteiger partial charge < -0.3 is 5.32 Å². The number of amides is 1. The SMILES string of the molecule is NS(=O)(=O)c1ccccc1NC(=O)c1ccccc1F. The molecule has 20 heavy (non-hydrogen) atoms. The van der Waals surface area contributed by atoms with Crippen molar-refractivity contribution in [2.75, 3.05) is 5.32 Å². The number of hydrogen-bond acceptors (Lipinski definition) is 3. The second kappa shape index (κ2) is 5.40. The van der Waals surface area contributed by atoms with E-state index in [-0.39, 0.29) is 16.1 Å². The first-order valence-electron chi connectivity index (χ1n) is 5.57. The van der Waals surface area contributed by atoms with Gasteiger partial charge in [0.05, 0.1) is 11.3 Å². The van der Waals surface area contributed by atoms with Crippen LogP contribution in [0.25, 0.3) is 0 Å². The van der Waals surface area contributed by atoms with Crippen molar-refractivity contribution in [2.24, 2.45) is 5.14 Å². The number of anilines is 1. The fraction of sp³-hybridized carbons (Fsp3) is 0. The molecule has 0 radical (unpaired) electrons. The zero-order chi connectivity index (χ0) is 14.8. The smallest absolute Gasteiger partial charge is 0.258 e. The van der Waals surface area contributed by atoms with Crippen LogP contribution in [-0.2, 0) is 10.0 Å². The Hall–Kier alpha value is -2.25. The molecule has 5 nitrogen and oxygen atoms in total. The maximum absolute atomic E-state index is 13.5. The Labute approximate surface area is 115 Å². The van der Waals surface area contributed by atoms with Crippen molar-refractivity contribution in [2.45, 2.75) is 4.90 Å². The number of nitrogens with two attached hydrogens (primary N) is 1. The van der Waals surface area contributed by atoms with Crippen molar-refractivity contribution in [3.05, 3.63) is 59.9 Å². The summed E-state index contributed by atoms with van der Waals surface area (Å²) in [5, 5.41) is 7.38. The van der Waals surface area contributed by atoms with E-state index in [1.807, 2.05) is 0 Å². The predicted octanol–water partition coefficient (Wildman–Crippen LogP) is 1.73. The zero-order valence-electron chi connectivity index (χ0n) is 10.2. The minimum atomic E-state index is -3.98. The molecule has 1 amide bonds. The quantitative estimate of drug-likeness (QED) is 0.903. The van der Waals surface area contributed by atoms with E-state index in [0.29, 0.717) is 0 Å². The van der Waals surface area contributed by atoms with Gasteiger partial charge in [0.15, 0.2) is 0 Å². The maximum Gasteiger partial charge on any atom is 0.258 e. The second-order valence-electron chi connectivity index (χ2n) is 3.98. The fourth-order valence-electron chi connectivity index (χ4n) is 1.65. The molecule has 0 unspecified atom stereocenters. The van der Waals surface area contributed by atoms with E-state index in [1.54, 1.807) is 0 Å². The van der Waals surface area contributed by atoms with Gasteiger partial charge >= 0.3 is 0 Å². The molecule has 7 heteroatoms. The van der Waals surface area contributed by atoms with Gasteiger partial charge in [0.25, 0.3) is 5.91 Å². The number of carbonyl (C=O) groups excluding carboxylic acids is 1. The molecule has 0 atom stereocenters. The van der Waals surface area contributed by atoms with Crippen LogP contribution < -0.4 is 10.5 Å². The first-order valence-corrected chi connectivity index (χ1v) is 7.12. The van der Waals surface area contributed by atoms with Gasteiger partial charge in [-0.1, -0.05) is 24.3 Å². The van der Waals surface area contributed by atoms with Crippen LogP contribution in [-0.4, -0.2) is 14.3 Å². The summed E-state index contributed by atoms with van der Waals surface area (Å²) in [7, 11) is -3.98. The molecule has 0 aliphatic heterocycles. The van der Waals surface area contributed by atoms with Gasteiger partial charge in [-0.2, -0.15) is 0 Å². The van der Waals surface area contributed by atoms with Crippen LogP contribution in [0.1, 0.15) is 10.4 Å². The van der Waals surface area contributed by atoms with Gasteiger partial charge in [-0.15, -0.1) is 0 Å².